The van der Waals surface area contributed by atoms with Gasteiger partial charge < -0.3 is 32.7 Å². The van der Waals surface area contributed by atoms with E-state index in [0.717, 1.165) is 33.8 Å². The fraction of sp³-hybridized carbons (Fsp3) is 0.444. The first-order valence-corrected chi connectivity index (χ1v) is 20.3. The second-order valence-corrected chi connectivity index (χ2v) is 16.0. The minimum atomic E-state index is -1.60. The first kappa shape index (κ1) is 42.3. The number of benzene rings is 4. The Kier molecular flexibility index (Phi) is 15.7. The zero-order valence-corrected chi connectivity index (χ0v) is 34.4. The molecule has 0 radical (unpaired) electrons. The molecule has 0 N–H and O–H groups in total. The zero-order chi connectivity index (χ0) is 39.4. The molecule has 1 heterocycles. The van der Waals surface area contributed by atoms with Crippen LogP contribution in [0.15, 0.2) is 103 Å². The van der Waals surface area contributed by atoms with E-state index in [9.17, 15) is 5.26 Å². The molecule has 1 fully saturated rings. The molecule has 9 nitrogen and oxygen atoms in total. The van der Waals surface area contributed by atoms with Crippen molar-refractivity contribution in [1.82, 2.24) is 4.67 Å². The van der Waals surface area contributed by atoms with Crippen LogP contribution in [0.2, 0.25) is 0 Å². The highest BCUT2D eigenvalue weighted by Gasteiger charge is 2.46. The van der Waals surface area contributed by atoms with Crippen LogP contribution >= 0.6 is 8.53 Å². The lowest BCUT2D eigenvalue weighted by Gasteiger charge is -2.39. The van der Waals surface area contributed by atoms with Crippen LogP contribution in [0.25, 0.3) is 0 Å². The molecular formula is C45H57N2O7P. The monoisotopic (exact) mass is 768 g/mol. The molecule has 0 spiro atoms. The Labute approximate surface area is 329 Å². The summed E-state index contributed by atoms with van der Waals surface area (Å²) in [6.45, 7) is 14.0. The van der Waals surface area contributed by atoms with E-state index in [1.807, 2.05) is 66.7 Å². The minimum absolute atomic E-state index is 0.125. The Morgan fingerprint density at radius 1 is 0.782 bits per heavy atom. The molecule has 0 amide bonds. The topological polar surface area (TPSA) is 91.6 Å². The lowest BCUT2D eigenvalue weighted by atomic mass is 9.80. The van der Waals surface area contributed by atoms with Gasteiger partial charge in [0.25, 0.3) is 8.53 Å². The number of nitrogens with zero attached hydrogens (tertiary/aromatic N) is 2. The maximum absolute atomic E-state index is 9.37. The maximum Gasteiger partial charge on any atom is 0.259 e. The van der Waals surface area contributed by atoms with Gasteiger partial charge in [0.15, 0.2) is 0 Å². The van der Waals surface area contributed by atoms with Gasteiger partial charge in [-0.05, 0) is 85.7 Å². The van der Waals surface area contributed by atoms with Crippen molar-refractivity contribution in [1.29, 1.82) is 5.26 Å². The smallest absolute Gasteiger partial charge is 0.259 e. The molecule has 294 valence electrons. The summed E-state index contributed by atoms with van der Waals surface area (Å²) < 4.78 is 47.3. The van der Waals surface area contributed by atoms with E-state index in [1.165, 1.54) is 5.56 Å². The Balaban J connectivity index is 1.53. The van der Waals surface area contributed by atoms with Crippen LogP contribution in [0.5, 0.6) is 11.5 Å². The van der Waals surface area contributed by atoms with Crippen molar-refractivity contribution in [3.63, 3.8) is 0 Å². The fourth-order valence-corrected chi connectivity index (χ4v) is 8.74. The summed E-state index contributed by atoms with van der Waals surface area (Å²) in [5, 5.41) is 9.37. The van der Waals surface area contributed by atoms with Crippen LogP contribution in [0.4, 0.5) is 0 Å². The van der Waals surface area contributed by atoms with Gasteiger partial charge in [-0.15, -0.1) is 0 Å². The molecule has 1 unspecified atom stereocenters. The molecule has 0 saturated carbocycles. The number of rotatable bonds is 20. The number of ether oxygens (including phenoxy) is 5. The van der Waals surface area contributed by atoms with E-state index in [4.69, 9.17) is 32.7 Å². The molecular weight excluding hydrogens is 711 g/mol. The van der Waals surface area contributed by atoms with Gasteiger partial charge in [-0.3, -0.25) is 0 Å². The summed E-state index contributed by atoms with van der Waals surface area (Å²) >= 11 is 0. The molecule has 10 heteroatoms. The highest BCUT2D eigenvalue weighted by molar-refractivity contribution is 7.44. The highest BCUT2D eigenvalue weighted by atomic mass is 31.2. The second kappa shape index (κ2) is 20.4. The predicted molar refractivity (Wildman–Crippen MR) is 217 cm³/mol. The molecule has 55 heavy (non-hydrogen) atoms. The highest BCUT2D eigenvalue weighted by Crippen LogP contribution is 2.50. The summed E-state index contributed by atoms with van der Waals surface area (Å²) in [7, 11) is 1.72. The molecule has 1 aliphatic rings. The van der Waals surface area contributed by atoms with Gasteiger partial charge in [-0.25, -0.2) is 4.67 Å². The van der Waals surface area contributed by atoms with Crippen LogP contribution in [-0.4, -0.2) is 69.1 Å². The minimum Gasteiger partial charge on any atom is -0.497 e. The first-order valence-electron chi connectivity index (χ1n) is 19.2. The average Bonchev–Trinajstić information content (AvgIpc) is 3.58. The first-order chi connectivity index (χ1) is 26.6. The number of hydrogen-bond donors (Lipinski definition) is 0. The van der Waals surface area contributed by atoms with Crippen LogP contribution < -0.4 is 9.47 Å². The standard InChI is InChI=1S/C45H57N2O7P/c1-32(2)36-17-15-35(16-18-36)29-50-42-30-51-43(44(42)54-55(53-28-12-27-46)47(33(3)4)34(5)6)31-52-45(37-13-10-9-11-14-37,38-19-23-40(48-7)24-20-38)39-21-25-41(49-8)26-22-39/h9-11,13-26,32-34,42-44H,12,28-31H2,1-8H3/t42-,43+,44-,55?/m0/s1. The summed E-state index contributed by atoms with van der Waals surface area (Å²) in [6.07, 6.45) is -1.20. The number of methoxy groups -OCH3 is 2. The van der Waals surface area contributed by atoms with E-state index in [0.29, 0.717) is 19.1 Å². The second-order valence-electron chi connectivity index (χ2n) is 14.5. The van der Waals surface area contributed by atoms with Crippen molar-refractivity contribution in [3.05, 3.63) is 131 Å². The van der Waals surface area contributed by atoms with Gasteiger partial charge >= 0.3 is 0 Å². The average molecular weight is 769 g/mol. The van der Waals surface area contributed by atoms with Crippen molar-refractivity contribution in [2.24, 2.45) is 0 Å². The Morgan fingerprint density at radius 2 is 1.35 bits per heavy atom. The molecule has 0 aromatic heterocycles. The van der Waals surface area contributed by atoms with Gasteiger partial charge in [0, 0.05) is 12.1 Å². The molecule has 5 rings (SSSR count). The summed E-state index contributed by atoms with van der Waals surface area (Å²) in [5.74, 6) is 1.94. The van der Waals surface area contributed by atoms with Crippen LogP contribution in [0, 0.1) is 11.3 Å². The normalized spacial score (nSPS) is 17.9. The van der Waals surface area contributed by atoms with Crippen molar-refractivity contribution < 1.29 is 32.7 Å². The van der Waals surface area contributed by atoms with Crippen molar-refractivity contribution in [2.45, 2.75) is 96.5 Å². The predicted octanol–water partition coefficient (Wildman–Crippen LogP) is 9.78. The Hall–Kier alpha value is -3.84. The largest absolute Gasteiger partial charge is 0.497 e. The molecule has 1 aliphatic heterocycles. The summed E-state index contributed by atoms with van der Waals surface area (Å²) in [5.41, 5.74) is 4.11. The van der Waals surface area contributed by atoms with E-state index in [-0.39, 0.29) is 31.7 Å². The van der Waals surface area contributed by atoms with Gasteiger partial charge in [0.1, 0.15) is 35.4 Å². The zero-order valence-electron chi connectivity index (χ0n) is 33.5. The van der Waals surface area contributed by atoms with Gasteiger partial charge in [-0.2, -0.15) is 5.26 Å². The van der Waals surface area contributed by atoms with Gasteiger partial charge in [0.2, 0.25) is 0 Å². The van der Waals surface area contributed by atoms with Gasteiger partial charge in [-0.1, -0.05) is 92.7 Å². The van der Waals surface area contributed by atoms with Crippen molar-refractivity contribution in [3.8, 4) is 17.6 Å². The van der Waals surface area contributed by atoms with E-state index < -0.39 is 32.4 Å². The van der Waals surface area contributed by atoms with Crippen molar-refractivity contribution in [2.75, 3.05) is 34.0 Å². The third-order valence-corrected chi connectivity index (χ3v) is 12.0. The summed E-state index contributed by atoms with van der Waals surface area (Å²) in [4.78, 5) is 0. The van der Waals surface area contributed by atoms with Crippen LogP contribution in [-0.2, 0) is 35.5 Å². The van der Waals surface area contributed by atoms with E-state index >= 15 is 0 Å². The molecule has 1 saturated heterocycles. The van der Waals surface area contributed by atoms with Crippen LogP contribution in [0.3, 0.4) is 0 Å². The Morgan fingerprint density at radius 3 is 1.85 bits per heavy atom. The van der Waals surface area contributed by atoms with E-state index in [2.05, 4.69) is 88.7 Å². The summed E-state index contributed by atoms with van der Waals surface area (Å²) in [6, 6.07) is 37.2. The molecule has 4 aromatic rings. The third kappa shape index (κ3) is 10.5. The van der Waals surface area contributed by atoms with Crippen molar-refractivity contribution >= 4 is 8.53 Å². The lowest BCUT2D eigenvalue weighted by molar-refractivity contribution is -0.0726. The molecule has 0 aliphatic carbocycles. The SMILES string of the molecule is COc1ccc(C(OC[C@H]2OC[C@H](OCc3ccc(C(C)C)cc3)[C@@H]2OP(OCCC#N)N(C(C)C)C(C)C)(c2ccccc2)c2ccc(OC)cc2)cc1. The van der Waals surface area contributed by atoms with Gasteiger partial charge in [0.05, 0.1) is 53.1 Å². The maximum atomic E-state index is 9.37. The number of nitriles is 1. The molecule has 4 atom stereocenters. The number of hydrogen-bond acceptors (Lipinski definition) is 9. The Bertz CT molecular complexity index is 1710. The molecule has 0 bridgehead atoms. The molecule has 4 aromatic carbocycles. The van der Waals surface area contributed by atoms with Crippen LogP contribution in [0.1, 0.15) is 81.7 Å². The fourth-order valence-electron chi connectivity index (χ4n) is 6.95. The lowest BCUT2D eigenvalue weighted by Crippen LogP contribution is -2.42. The van der Waals surface area contributed by atoms with E-state index in [1.54, 1.807) is 14.2 Å². The quantitative estimate of drug-likeness (QED) is 0.0495. The third-order valence-electron chi connectivity index (χ3n) is 9.83.